The normalized spacial score (nSPS) is 10.1. The summed E-state index contributed by atoms with van der Waals surface area (Å²) in [6.45, 7) is 6.05. The Balaban J connectivity index is 2.04. The summed E-state index contributed by atoms with van der Waals surface area (Å²) in [7, 11) is 1.59. The second-order valence-electron chi connectivity index (χ2n) is 4.76. The third kappa shape index (κ3) is 3.75. The van der Waals surface area contributed by atoms with E-state index >= 15 is 0 Å². The third-order valence-electron chi connectivity index (χ3n) is 3.47. The molecule has 0 fully saturated rings. The number of carbonyl (C=O) groups excluding carboxylic acids is 1. The van der Waals surface area contributed by atoms with Crippen molar-refractivity contribution in [1.82, 2.24) is 4.98 Å². The number of amides is 1. The Morgan fingerprint density at radius 1 is 1.14 bits per heavy atom. The molecule has 0 bridgehead atoms. The first kappa shape index (κ1) is 15.8. The molecule has 1 amide bonds. The standard InChI is InChI=1S/C17H21N3O2/c1-4-20(5-2)14-8-11-16(18-12-14)19-17(21)13-6-9-15(22-3)10-7-13/h6-12H,4-5H2,1-3H3,(H,18,19,21). The first-order valence-corrected chi connectivity index (χ1v) is 7.34. The molecule has 0 spiro atoms. The summed E-state index contributed by atoms with van der Waals surface area (Å²) in [5, 5.41) is 2.79. The average molecular weight is 299 g/mol. The Bertz CT molecular complexity index is 605. The zero-order chi connectivity index (χ0) is 15.9. The van der Waals surface area contributed by atoms with Gasteiger partial charge in [-0.25, -0.2) is 4.98 Å². The van der Waals surface area contributed by atoms with Gasteiger partial charge in [0.05, 0.1) is 19.0 Å². The van der Waals surface area contributed by atoms with Crippen molar-refractivity contribution in [3.05, 3.63) is 48.2 Å². The smallest absolute Gasteiger partial charge is 0.256 e. The van der Waals surface area contributed by atoms with Crippen LogP contribution in [0.4, 0.5) is 11.5 Å². The first-order valence-electron chi connectivity index (χ1n) is 7.34. The van der Waals surface area contributed by atoms with Crippen molar-refractivity contribution in [3.8, 4) is 5.75 Å². The van der Waals surface area contributed by atoms with Crippen molar-refractivity contribution in [2.24, 2.45) is 0 Å². The van der Waals surface area contributed by atoms with E-state index in [0.29, 0.717) is 11.4 Å². The van der Waals surface area contributed by atoms with Crippen LogP contribution >= 0.6 is 0 Å². The average Bonchev–Trinajstić information content (AvgIpc) is 2.57. The maximum absolute atomic E-state index is 12.1. The van der Waals surface area contributed by atoms with Crippen LogP contribution in [0.25, 0.3) is 0 Å². The zero-order valence-electron chi connectivity index (χ0n) is 13.2. The molecular formula is C17H21N3O2. The van der Waals surface area contributed by atoms with E-state index in [1.54, 1.807) is 37.6 Å². The molecule has 2 rings (SSSR count). The molecule has 0 aliphatic carbocycles. The predicted octanol–water partition coefficient (Wildman–Crippen LogP) is 3.19. The maximum Gasteiger partial charge on any atom is 0.256 e. The summed E-state index contributed by atoms with van der Waals surface area (Å²) in [5.74, 6) is 1.07. The van der Waals surface area contributed by atoms with Crippen molar-refractivity contribution in [1.29, 1.82) is 0 Å². The molecule has 0 aliphatic heterocycles. The molecule has 0 saturated heterocycles. The minimum absolute atomic E-state index is 0.189. The molecule has 2 aromatic rings. The number of hydrogen-bond donors (Lipinski definition) is 1. The number of anilines is 2. The van der Waals surface area contributed by atoms with Gasteiger partial charge in [-0.05, 0) is 50.2 Å². The van der Waals surface area contributed by atoms with Crippen molar-refractivity contribution in [2.75, 3.05) is 30.4 Å². The first-order chi connectivity index (χ1) is 10.7. The van der Waals surface area contributed by atoms with Crippen molar-refractivity contribution in [3.63, 3.8) is 0 Å². The largest absolute Gasteiger partial charge is 0.497 e. The Labute approximate surface area is 130 Å². The topological polar surface area (TPSA) is 54.5 Å². The number of hydrogen-bond acceptors (Lipinski definition) is 4. The van der Waals surface area contributed by atoms with Gasteiger partial charge in [0, 0.05) is 18.7 Å². The van der Waals surface area contributed by atoms with E-state index in [4.69, 9.17) is 4.74 Å². The lowest BCUT2D eigenvalue weighted by molar-refractivity contribution is 0.102. The van der Waals surface area contributed by atoms with E-state index in [1.807, 2.05) is 12.1 Å². The van der Waals surface area contributed by atoms with Crippen LogP contribution in [0.3, 0.4) is 0 Å². The number of rotatable bonds is 6. The summed E-state index contributed by atoms with van der Waals surface area (Å²) in [5.41, 5.74) is 1.61. The number of carbonyl (C=O) groups is 1. The van der Waals surface area contributed by atoms with Crippen LogP contribution in [-0.2, 0) is 0 Å². The second kappa shape index (κ2) is 7.45. The molecule has 0 unspecified atom stereocenters. The Morgan fingerprint density at radius 2 is 1.82 bits per heavy atom. The summed E-state index contributed by atoms with van der Waals surface area (Å²) >= 11 is 0. The SMILES string of the molecule is CCN(CC)c1ccc(NC(=O)c2ccc(OC)cc2)nc1. The quantitative estimate of drug-likeness (QED) is 0.890. The Morgan fingerprint density at radius 3 is 2.32 bits per heavy atom. The van der Waals surface area contributed by atoms with Gasteiger partial charge in [0.15, 0.2) is 0 Å². The molecule has 0 aliphatic rings. The zero-order valence-corrected chi connectivity index (χ0v) is 13.2. The number of nitrogens with one attached hydrogen (secondary N) is 1. The van der Waals surface area contributed by atoms with Gasteiger partial charge in [-0.1, -0.05) is 0 Å². The summed E-state index contributed by atoms with van der Waals surface area (Å²) in [4.78, 5) is 18.6. The molecule has 116 valence electrons. The number of ether oxygens (including phenoxy) is 1. The Kier molecular flexibility index (Phi) is 5.36. The highest BCUT2D eigenvalue weighted by Crippen LogP contribution is 2.16. The van der Waals surface area contributed by atoms with Crippen LogP contribution in [-0.4, -0.2) is 31.1 Å². The molecule has 5 heteroatoms. The number of methoxy groups -OCH3 is 1. The molecule has 22 heavy (non-hydrogen) atoms. The van der Waals surface area contributed by atoms with Crippen molar-refractivity contribution >= 4 is 17.4 Å². The van der Waals surface area contributed by atoms with Gasteiger partial charge >= 0.3 is 0 Å². The van der Waals surface area contributed by atoms with E-state index in [9.17, 15) is 4.79 Å². The van der Waals surface area contributed by atoms with Gasteiger partial charge in [0.25, 0.3) is 5.91 Å². The molecule has 0 atom stereocenters. The van der Waals surface area contributed by atoms with Crippen LogP contribution in [0.1, 0.15) is 24.2 Å². The number of benzene rings is 1. The highest BCUT2D eigenvalue weighted by atomic mass is 16.5. The lowest BCUT2D eigenvalue weighted by atomic mass is 10.2. The fraction of sp³-hybridized carbons (Fsp3) is 0.294. The monoisotopic (exact) mass is 299 g/mol. The fourth-order valence-electron chi connectivity index (χ4n) is 2.17. The van der Waals surface area contributed by atoms with Crippen LogP contribution in [0, 0.1) is 0 Å². The fourth-order valence-corrected chi connectivity index (χ4v) is 2.17. The minimum atomic E-state index is -0.189. The molecule has 0 radical (unpaired) electrons. The van der Waals surface area contributed by atoms with Gasteiger partial charge in [0.2, 0.25) is 0 Å². The molecule has 0 saturated carbocycles. The molecule has 1 heterocycles. The van der Waals surface area contributed by atoms with E-state index < -0.39 is 0 Å². The third-order valence-corrected chi connectivity index (χ3v) is 3.47. The minimum Gasteiger partial charge on any atom is -0.497 e. The van der Waals surface area contributed by atoms with Gasteiger partial charge < -0.3 is 15.0 Å². The summed E-state index contributed by atoms with van der Waals surface area (Å²) in [6.07, 6.45) is 1.77. The Hall–Kier alpha value is -2.56. The van der Waals surface area contributed by atoms with Crippen LogP contribution in [0.5, 0.6) is 5.75 Å². The van der Waals surface area contributed by atoms with Crippen LogP contribution < -0.4 is 15.0 Å². The van der Waals surface area contributed by atoms with Crippen LogP contribution in [0.15, 0.2) is 42.6 Å². The van der Waals surface area contributed by atoms with E-state index in [2.05, 4.69) is 29.0 Å². The number of pyridine rings is 1. The summed E-state index contributed by atoms with van der Waals surface area (Å²) < 4.78 is 5.08. The highest BCUT2D eigenvalue weighted by Gasteiger charge is 2.08. The molecule has 1 N–H and O–H groups in total. The highest BCUT2D eigenvalue weighted by molar-refractivity contribution is 6.03. The summed E-state index contributed by atoms with van der Waals surface area (Å²) in [6, 6.07) is 10.7. The van der Waals surface area contributed by atoms with Gasteiger partial charge in [0.1, 0.15) is 11.6 Å². The van der Waals surface area contributed by atoms with Crippen molar-refractivity contribution < 1.29 is 9.53 Å². The lowest BCUT2D eigenvalue weighted by Gasteiger charge is -2.20. The predicted molar refractivity (Wildman–Crippen MR) is 88.7 cm³/mol. The maximum atomic E-state index is 12.1. The van der Waals surface area contributed by atoms with E-state index in [1.165, 1.54) is 0 Å². The molecular weight excluding hydrogens is 278 g/mol. The molecule has 1 aromatic heterocycles. The molecule has 5 nitrogen and oxygen atoms in total. The van der Waals surface area contributed by atoms with Crippen LogP contribution in [0.2, 0.25) is 0 Å². The van der Waals surface area contributed by atoms with Gasteiger partial charge in [-0.2, -0.15) is 0 Å². The van der Waals surface area contributed by atoms with Crippen molar-refractivity contribution in [2.45, 2.75) is 13.8 Å². The lowest BCUT2D eigenvalue weighted by Crippen LogP contribution is -2.22. The van der Waals surface area contributed by atoms with Gasteiger partial charge in [-0.3, -0.25) is 4.79 Å². The number of aromatic nitrogens is 1. The molecule has 1 aromatic carbocycles. The van der Waals surface area contributed by atoms with E-state index in [-0.39, 0.29) is 5.91 Å². The number of nitrogens with zero attached hydrogens (tertiary/aromatic N) is 2. The van der Waals surface area contributed by atoms with Gasteiger partial charge in [-0.15, -0.1) is 0 Å². The van der Waals surface area contributed by atoms with E-state index in [0.717, 1.165) is 24.5 Å². The second-order valence-corrected chi connectivity index (χ2v) is 4.76.